The van der Waals surface area contributed by atoms with Gasteiger partial charge >= 0.3 is 12.1 Å². The zero-order valence-electron chi connectivity index (χ0n) is 13.6. The number of amides is 1. The normalized spacial score (nSPS) is 23.6. The van der Waals surface area contributed by atoms with Crippen LogP contribution in [0.25, 0.3) is 0 Å². The number of hydrogen-bond donors (Lipinski definition) is 0. The lowest BCUT2D eigenvalue weighted by atomic mass is 9.85. The van der Waals surface area contributed by atoms with E-state index in [1.165, 1.54) is 7.11 Å². The summed E-state index contributed by atoms with van der Waals surface area (Å²) in [5.41, 5.74) is -0.692. The first-order chi connectivity index (χ1) is 8.97. The maximum atomic E-state index is 12.4. The third-order valence-electron chi connectivity index (χ3n) is 3.46. The molecular weight excluding hydrogens is 258 g/mol. The van der Waals surface area contributed by atoms with Crippen LogP contribution in [-0.4, -0.2) is 41.8 Å². The van der Waals surface area contributed by atoms with Crippen LogP contribution < -0.4 is 0 Å². The van der Waals surface area contributed by atoms with Gasteiger partial charge in [0.2, 0.25) is 0 Å². The molecule has 2 atom stereocenters. The number of esters is 1. The Hall–Kier alpha value is -1.26. The van der Waals surface area contributed by atoms with Gasteiger partial charge in [0.05, 0.1) is 7.11 Å². The number of ether oxygens (including phenoxy) is 2. The number of hydrogen-bond acceptors (Lipinski definition) is 4. The van der Waals surface area contributed by atoms with Crippen LogP contribution in [0, 0.1) is 5.41 Å². The van der Waals surface area contributed by atoms with E-state index >= 15 is 0 Å². The molecule has 0 radical (unpaired) electrons. The second-order valence-corrected chi connectivity index (χ2v) is 7.39. The average molecular weight is 285 g/mol. The van der Waals surface area contributed by atoms with E-state index in [1.807, 2.05) is 20.8 Å². The Bertz CT molecular complexity index is 378. The minimum atomic E-state index is -0.581. The maximum Gasteiger partial charge on any atom is 0.411 e. The molecule has 0 N–H and O–H groups in total. The lowest BCUT2D eigenvalue weighted by Gasteiger charge is -2.37. The van der Waals surface area contributed by atoms with Crippen molar-refractivity contribution >= 4 is 12.1 Å². The molecule has 1 fully saturated rings. The summed E-state index contributed by atoms with van der Waals surface area (Å²) in [6.07, 6.45) is 0.960. The lowest BCUT2D eigenvalue weighted by molar-refractivity contribution is -0.146. The molecule has 1 heterocycles. The van der Waals surface area contributed by atoms with Gasteiger partial charge in [-0.25, -0.2) is 9.59 Å². The largest absolute Gasteiger partial charge is 0.467 e. The number of rotatable bonds is 1. The van der Waals surface area contributed by atoms with Crippen molar-refractivity contribution in [2.24, 2.45) is 5.41 Å². The highest BCUT2D eigenvalue weighted by Gasteiger charge is 2.47. The number of carbonyl (C=O) groups excluding carboxylic acids is 2. The Balaban J connectivity index is 3.02. The molecule has 1 aliphatic rings. The summed E-state index contributed by atoms with van der Waals surface area (Å²) in [5.74, 6) is -0.373. The van der Waals surface area contributed by atoms with Gasteiger partial charge in [0.1, 0.15) is 11.6 Å². The fourth-order valence-electron chi connectivity index (χ4n) is 2.60. The number of carbonyl (C=O) groups is 2. The van der Waals surface area contributed by atoms with Crippen LogP contribution in [0.1, 0.15) is 54.4 Å². The summed E-state index contributed by atoms with van der Waals surface area (Å²) in [6.45, 7) is 11.7. The molecule has 1 amide bonds. The average Bonchev–Trinajstić information content (AvgIpc) is 2.69. The first kappa shape index (κ1) is 16.8. The molecule has 0 saturated carbocycles. The second kappa shape index (κ2) is 5.62. The molecule has 5 heteroatoms. The smallest absolute Gasteiger partial charge is 0.411 e. The molecule has 1 saturated heterocycles. The molecular formula is C15H27NO4. The molecule has 0 spiro atoms. The summed E-state index contributed by atoms with van der Waals surface area (Å²) < 4.78 is 10.3. The molecule has 1 rings (SSSR count). The van der Waals surface area contributed by atoms with Gasteiger partial charge in [0.15, 0.2) is 0 Å². The van der Waals surface area contributed by atoms with Crippen molar-refractivity contribution in [2.75, 3.05) is 7.11 Å². The molecule has 20 heavy (non-hydrogen) atoms. The molecule has 1 aliphatic heterocycles. The van der Waals surface area contributed by atoms with Gasteiger partial charge in [-0.1, -0.05) is 20.8 Å². The highest BCUT2D eigenvalue weighted by atomic mass is 16.6. The van der Waals surface area contributed by atoms with Crippen LogP contribution in [0.4, 0.5) is 4.79 Å². The minimum Gasteiger partial charge on any atom is -0.467 e. The van der Waals surface area contributed by atoms with Crippen molar-refractivity contribution in [2.45, 2.75) is 72.1 Å². The fourth-order valence-corrected chi connectivity index (χ4v) is 2.60. The number of methoxy groups -OCH3 is 1. The Morgan fingerprint density at radius 3 is 2.00 bits per heavy atom. The van der Waals surface area contributed by atoms with Gasteiger partial charge in [-0.15, -0.1) is 0 Å². The van der Waals surface area contributed by atoms with Gasteiger partial charge < -0.3 is 9.47 Å². The molecule has 0 aromatic rings. The van der Waals surface area contributed by atoms with E-state index in [4.69, 9.17) is 9.47 Å². The van der Waals surface area contributed by atoms with Crippen LogP contribution >= 0.6 is 0 Å². The van der Waals surface area contributed by atoms with Gasteiger partial charge in [0.25, 0.3) is 0 Å². The van der Waals surface area contributed by atoms with Crippen molar-refractivity contribution < 1.29 is 19.1 Å². The Morgan fingerprint density at radius 1 is 1.05 bits per heavy atom. The molecule has 0 aliphatic carbocycles. The van der Waals surface area contributed by atoms with Crippen molar-refractivity contribution in [1.82, 2.24) is 4.90 Å². The van der Waals surface area contributed by atoms with Crippen LogP contribution in [-0.2, 0) is 14.3 Å². The maximum absolute atomic E-state index is 12.4. The Kier molecular flexibility index (Phi) is 4.72. The zero-order valence-corrected chi connectivity index (χ0v) is 13.6. The summed E-state index contributed by atoms with van der Waals surface area (Å²) in [7, 11) is 1.35. The van der Waals surface area contributed by atoms with Crippen LogP contribution in [0.15, 0.2) is 0 Å². The van der Waals surface area contributed by atoms with E-state index in [0.29, 0.717) is 6.42 Å². The molecule has 0 unspecified atom stereocenters. The summed E-state index contributed by atoms with van der Waals surface area (Å²) in [6, 6.07) is -0.569. The predicted molar refractivity (Wildman–Crippen MR) is 76.4 cm³/mol. The van der Waals surface area contributed by atoms with Crippen molar-refractivity contribution in [3.63, 3.8) is 0 Å². The molecule has 0 aromatic carbocycles. The van der Waals surface area contributed by atoms with Crippen LogP contribution in [0.3, 0.4) is 0 Å². The van der Waals surface area contributed by atoms with E-state index in [1.54, 1.807) is 4.90 Å². The lowest BCUT2D eigenvalue weighted by Crippen LogP contribution is -2.51. The Morgan fingerprint density at radius 2 is 1.60 bits per heavy atom. The zero-order chi connectivity index (χ0) is 15.7. The molecule has 116 valence electrons. The number of nitrogens with zero attached hydrogens (tertiary/aromatic N) is 1. The Labute approximate surface area is 121 Å². The topological polar surface area (TPSA) is 55.8 Å². The van der Waals surface area contributed by atoms with Crippen molar-refractivity contribution in [3.8, 4) is 0 Å². The highest BCUT2D eigenvalue weighted by Crippen LogP contribution is 2.37. The van der Waals surface area contributed by atoms with E-state index in [9.17, 15) is 9.59 Å². The summed E-state index contributed by atoms with van der Waals surface area (Å²) in [5, 5.41) is 0. The van der Waals surface area contributed by atoms with Gasteiger partial charge in [-0.2, -0.15) is 0 Å². The third kappa shape index (κ3) is 3.87. The molecule has 0 aromatic heterocycles. The van der Waals surface area contributed by atoms with E-state index in [0.717, 1.165) is 6.42 Å². The minimum absolute atomic E-state index is 0.0264. The van der Waals surface area contributed by atoms with E-state index < -0.39 is 17.7 Å². The van der Waals surface area contributed by atoms with Crippen LogP contribution in [0.2, 0.25) is 0 Å². The standard InChI is InChI=1S/C15H27NO4/c1-14(2,3)11-9-8-10(12(17)19-7)16(11)13(18)20-15(4,5)6/h10-11H,8-9H2,1-7H3/t10-,11+/m0/s1. The fraction of sp³-hybridized carbons (Fsp3) is 0.867. The SMILES string of the molecule is COC(=O)[C@@H]1CC[C@H](C(C)(C)C)N1C(=O)OC(C)(C)C. The van der Waals surface area contributed by atoms with Crippen molar-refractivity contribution in [1.29, 1.82) is 0 Å². The summed E-state index contributed by atoms with van der Waals surface area (Å²) in [4.78, 5) is 25.9. The highest BCUT2D eigenvalue weighted by molar-refractivity contribution is 5.82. The number of likely N-dealkylation sites (tertiary alicyclic amines) is 1. The predicted octanol–water partition coefficient (Wildman–Crippen LogP) is 2.97. The first-order valence-electron chi connectivity index (χ1n) is 7.06. The molecule has 5 nitrogen and oxygen atoms in total. The van der Waals surface area contributed by atoms with Gasteiger partial charge in [-0.05, 0) is 39.0 Å². The quantitative estimate of drug-likeness (QED) is 0.695. The van der Waals surface area contributed by atoms with E-state index in [-0.39, 0.29) is 17.4 Å². The third-order valence-corrected chi connectivity index (χ3v) is 3.46. The van der Waals surface area contributed by atoms with Crippen LogP contribution in [0.5, 0.6) is 0 Å². The monoisotopic (exact) mass is 285 g/mol. The second-order valence-electron chi connectivity index (χ2n) is 7.39. The molecule has 0 bridgehead atoms. The van der Waals surface area contributed by atoms with Gasteiger partial charge in [0, 0.05) is 6.04 Å². The van der Waals surface area contributed by atoms with E-state index in [2.05, 4.69) is 20.8 Å². The van der Waals surface area contributed by atoms with Crippen molar-refractivity contribution in [3.05, 3.63) is 0 Å². The first-order valence-corrected chi connectivity index (χ1v) is 7.06. The summed E-state index contributed by atoms with van der Waals surface area (Å²) >= 11 is 0. The van der Waals surface area contributed by atoms with Gasteiger partial charge in [-0.3, -0.25) is 4.90 Å².